The summed E-state index contributed by atoms with van der Waals surface area (Å²) in [6.45, 7) is 4.52. The van der Waals surface area contributed by atoms with Crippen LogP contribution in [0.25, 0.3) is 0 Å². The highest BCUT2D eigenvalue weighted by Crippen LogP contribution is 2.38. The summed E-state index contributed by atoms with van der Waals surface area (Å²) in [4.78, 5) is 14.0. The number of rotatable bonds is 1. The molecule has 0 spiro atoms. The smallest absolute Gasteiger partial charge is 0.244 e. The fraction of sp³-hybridized carbons (Fsp3) is 0.188. The fourth-order valence-corrected chi connectivity index (χ4v) is 2.84. The van der Waals surface area contributed by atoms with Crippen LogP contribution < -0.4 is 10.2 Å². The summed E-state index contributed by atoms with van der Waals surface area (Å²) in [5.74, 6) is 0.0146. The Balaban J connectivity index is 2.17. The van der Waals surface area contributed by atoms with Gasteiger partial charge in [0.2, 0.25) is 5.91 Å². The van der Waals surface area contributed by atoms with E-state index >= 15 is 0 Å². The third kappa shape index (κ3) is 2.20. The van der Waals surface area contributed by atoms with E-state index in [9.17, 15) is 4.79 Å². The summed E-state index contributed by atoms with van der Waals surface area (Å²) in [5.41, 5.74) is 5.38. The van der Waals surface area contributed by atoms with Crippen molar-refractivity contribution in [3.05, 3.63) is 52.0 Å². The summed E-state index contributed by atoms with van der Waals surface area (Å²) in [7, 11) is 0. The predicted octanol–water partition coefficient (Wildman–Crippen LogP) is 4.16. The van der Waals surface area contributed by atoms with Crippen molar-refractivity contribution in [3.8, 4) is 0 Å². The first-order valence-electron chi connectivity index (χ1n) is 6.49. The average molecular weight is 331 g/mol. The van der Waals surface area contributed by atoms with Crippen LogP contribution in [0.2, 0.25) is 0 Å². The van der Waals surface area contributed by atoms with Gasteiger partial charge in [0.1, 0.15) is 6.54 Å². The highest BCUT2D eigenvalue weighted by atomic mass is 79.9. The van der Waals surface area contributed by atoms with Crippen molar-refractivity contribution < 1.29 is 4.79 Å². The molecular formula is C16H15BrN2O. The number of nitrogens with zero attached hydrogens (tertiary/aromatic N) is 1. The largest absolute Gasteiger partial charge is 0.330 e. The number of anilines is 3. The Bertz CT molecular complexity index is 697. The minimum atomic E-state index is 0.0146. The van der Waals surface area contributed by atoms with Gasteiger partial charge < -0.3 is 10.2 Å². The van der Waals surface area contributed by atoms with E-state index in [0.717, 1.165) is 21.5 Å². The summed E-state index contributed by atoms with van der Waals surface area (Å²) in [5, 5.41) is 2.92. The first kappa shape index (κ1) is 13.2. The number of benzene rings is 2. The number of hydrogen-bond donors (Lipinski definition) is 1. The molecule has 0 saturated carbocycles. The summed E-state index contributed by atoms with van der Waals surface area (Å²) >= 11 is 3.50. The highest BCUT2D eigenvalue weighted by Gasteiger charge is 2.24. The normalized spacial score (nSPS) is 13.9. The van der Waals surface area contributed by atoms with Gasteiger partial charge in [-0.25, -0.2) is 0 Å². The van der Waals surface area contributed by atoms with Gasteiger partial charge in [-0.3, -0.25) is 4.79 Å². The number of nitrogens with one attached hydrogen (secondary N) is 1. The van der Waals surface area contributed by atoms with Gasteiger partial charge in [-0.05, 0) is 49.2 Å². The molecule has 1 N–H and O–H groups in total. The second kappa shape index (κ2) is 4.94. The van der Waals surface area contributed by atoms with E-state index in [4.69, 9.17) is 0 Å². The zero-order valence-corrected chi connectivity index (χ0v) is 13.0. The molecule has 102 valence electrons. The van der Waals surface area contributed by atoms with Crippen molar-refractivity contribution in [2.75, 3.05) is 16.8 Å². The van der Waals surface area contributed by atoms with E-state index in [-0.39, 0.29) is 5.91 Å². The molecule has 1 aliphatic rings. The maximum Gasteiger partial charge on any atom is 0.244 e. The second-order valence-electron chi connectivity index (χ2n) is 5.01. The molecule has 0 aliphatic carbocycles. The van der Waals surface area contributed by atoms with Crippen LogP contribution in [0.5, 0.6) is 0 Å². The number of fused-ring (bicyclic) bond motifs is 1. The number of halogens is 1. The van der Waals surface area contributed by atoms with Crippen molar-refractivity contribution in [3.63, 3.8) is 0 Å². The Hall–Kier alpha value is -1.81. The fourth-order valence-electron chi connectivity index (χ4n) is 2.50. The molecule has 0 aromatic heterocycles. The number of carbonyl (C=O) groups is 1. The maximum absolute atomic E-state index is 11.9. The van der Waals surface area contributed by atoms with Crippen LogP contribution in [0.15, 0.2) is 40.9 Å². The number of amides is 1. The molecule has 1 heterocycles. The molecule has 0 unspecified atom stereocenters. The van der Waals surface area contributed by atoms with Gasteiger partial charge in [-0.2, -0.15) is 0 Å². The van der Waals surface area contributed by atoms with Crippen LogP contribution in [0.4, 0.5) is 17.1 Å². The van der Waals surface area contributed by atoms with Gasteiger partial charge in [0.15, 0.2) is 0 Å². The number of aryl methyl sites for hydroxylation is 1. The quantitative estimate of drug-likeness (QED) is 0.851. The van der Waals surface area contributed by atoms with E-state index < -0.39 is 0 Å². The number of carbonyl (C=O) groups excluding carboxylic acids is 1. The van der Waals surface area contributed by atoms with Crippen molar-refractivity contribution in [1.29, 1.82) is 0 Å². The van der Waals surface area contributed by atoms with E-state index in [1.165, 1.54) is 11.1 Å². The van der Waals surface area contributed by atoms with Crippen LogP contribution in [0.1, 0.15) is 11.1 Å². The molecule has 0 atom stereocenters. The van der Waals surface area contributed by atoms with E-state index in [0.29, 0.717) is 6.54 Å². The molecule has 1 amide bonds. The topological polar surface area (TPSA) is 32.3 Å². The van der Waals surface area contributed by atoms with Crippen molar-refractivity contribution in [2.45, 2.75) is 13.8 Å². The zero-order valence-electron chi connectivity index (χ0n) is 11.4. The standard InChI is InChI=1S/C16H15BrN2O/c1-10-4-3-5-14(11(10)2)19-9-16(20)18-13-7-6-12(17)8-15(13)19/h3-8H,9H2,1-2H3,(H,18,20). The molecule has 0 fully saturated rings. The second-order valence-corrected chi connectivity index (χ2v) is 5.93. The Labute approximate surface area is 126 Å². The van der Waals surface area contributed by atoms with Gasteiger partial charge in [-0.15, -0.1) is 0 Å². The predicted molar refractivity (Wildman–Crippen MR) is 85.7 cm³/mol. The van der Waals surface area contributed by atoms with Gasteiger partial charge in [0.25, 0.3) is 0 Å². The van der Waals surface area contributed by atoms with Crippen molar-refractivity contribution in [1.82, 2.24) is 0 Å². The minimum Gasteiger partial charge on any atom is -0.330 e. The van der Waals surface area contributed by atoms with Gasteiger partial charge in [-0.1, -0.05) is 28.1 Å². The molecule has 0 saturated heterocycles. The SMILES string of the molecule is Cc1cccc(N2CC(=O)Nc3ccc(Br)cc32)c1C. The summed E-state index contributed by atoms with van der Waals surface area (Å²) < 4.78 is 1.00. The average Bonchev–Trinajstić information content (AvgIpc) is 2.42. The highest BCUT2D eigenvalue weighted by molar-refractivity contribution is 9.10. The lowest BCUT2D eigenvalue weighted by Crippen LogP contribution is -2.35. The number of hydrogen-bond acceptors (Lipinski definition) is 2. The first-order valence-corrected chi connectivity index (χ1v) is 7.29. The summed E-state index contributed by atoms with van der Waals surface area (Å²) in [6.07, 6.45) is 0. The molecule has 0 radical (unpaired) electrons. The molecule has 0 bridgehead atoms. The third-order valence-electron chi connectivity index (χ3n) is 3.69. The van der Waals surface area contributed by atoms with Crippen LogP contribution in [-0.4, -0.2) is 12.5 Å². The lowest BCUT2D eigenvalue weighted by Gasteiger charge is -2.32. The first-order chi connectivity index (χ1) is 9.56. The lowest BCUT2D eigenvalue weighted by molar-refractivity contribution is -0.115. The maximum atomic E-state index is 11.9. The van der Waals surface area contributed by atoms with Crippen molar-refractivity contribution >= 4 is 38.9 Å². The Morgan fingerprint density at radius 3 is 2.75 bits per heavy atom. The van der Waals surface area contributed by atoms with Crippen LogP contribution >= 0.6 is 15.9 Å². The molecule has 2 aromatic rings. The molecule has 1 aliphatic heterocycles. The zero-order chi connectivity index (χ0) is 14.3. The monoisotopic (exact) mass is 330 g/mol. The molecular weight excluding hydrogens is 316 g/mol. The molecule has 4 heteroatoms. The molecule has 3 rings (SSSR count). The Morgan fingerprint density at radius 1 is 1.15 bits per heavy atom. The third-order valence-corrected chi connectivity index (χ3v) is 4.19. The lowest BCUT2D eigenvalue weighted by atomic mass is 10.1. The van der Waals surface area contributed by atoms with Crippen LogP contribution in [-0.2, 0) is 4.79 Å². The van der Waals surface area contributed by atoms with Gasteiger partial charge in [0.05, 0.1) is 11.4 Å². The van der Waals surface area contributed by atoms with Crippen molar-refractivity contribution in [2.24, 2.45) is 0 Å². The van der Waals surface area contributed by atoms with E-state index in [1.54, 1.807) is 0 Å². The van der Waals surface area contributed by atoms with E-state index in [1.807, 2.05) is 24.3 Å². The summed E-state index contributed by atoms with van der Waals surface area (Å²) in [6, 6.07) is 12.1. The molecule has 2 aromatic carbocycles. The van der Waals surface area contributed by atoms with Crippen LogP contribution in [0.3, 0.4) is 0 Å². The van der Waals surface area contributed by atoms with Crippen LogP contribution in [0, 0.1) is 13.8 Å². The Morgan fingerprint density at radius 2 is 1.95 bits per heavy atom. The van der Waals surface area contributed by atoms with Gasteiger partial charge >= 0.3 is 0 Å². The van der Waals surface area contributed by atoms with E-state index in [2.05, 4.69) is 52.1 Å². The molecule has 20 heavy (non-hydrogen) atoms. The van der Waals surface area contributed by atoms with Gasteiger partial charge in [0, 0.05) is 10.2 Å². The Kier molecular flexibility index (Phi) is 3.26. The minimum absolute atomic E-state index is 0.0146. The molecule has 3 nitrogen and oxygen atoms in total.